The van der Waals surface area contributed by atoms with Gasteiger partial charge in [-0.3, -0.25) is 4.79 Å². The Balaban J connectivity index is 2.24. The fraction of sp³-hybridized carbons (Fsp3) is 0.550. The van der Waals surface area contributed by atoms with E-state index in [0.717, 1.165) is 28.8 Å². The maximum atomic E-state index is 12.9. The first-order valence-corrected chi connectivity index (χ1v) is 10.2. The Labute approximate surface area is 166 Å². The lowest BCUT2D eigenvalue weighted by Crippen LogP contribution is -2.45. The van der Waals surface area contributed by atoms with E-state index in [1.54, 1.807) is 7.11 Å². The number of carbonyl (C=O) groups is 1. The predicted molar refractivity (Wildman–Crippen MR) is 110 cm³/mol. The minimum atomic E-state index is -0.229. The maximum absolute atomic E-state index is 12.9. The highest BCUT2D eigenvalue weighted by Crippen LogP contribution is 2.29. The number of hydrogen-bond acceptors (Lipinski definition) is 5. The summed E-state index contributed by atoms with van der Waals surface area (Å²) in [6, 6.07) is 8.09. The van der Waals surface area contributed by atoms with Crippen molar-refractivity contribution >= 4 is 17.7 Å². The van der Waals surface area contributed by atoms with Crippen LogP contribution in [0.5, 0.6) is 5.75 Å². The molecule has 0 N–H and O–H groups in total. The molecule has 7 heteroatoms. The van der Waals surface area contributed by atoms with Crippen molar-refractivity contribution in [1.82, 2.24) is 19.7 Å². The van der Waals surface area contributed by atoms with Crippen molar-refractivity contribution in [3.05, 3.63) is 24.3 Å². The SMILES string of the molecule is CCn1c(S[C@H](C)C(=O)N(C(C)C)C(C)C)nnc1-c1ccc(OC)cc1. The van der Waals surface area contributed by atoms with Crippen molar-refractivity contribution in [2.45, 2.75) is 70.6 Å². The van der Waals surface area contributed by atoms with Gasteiger partial charge in [0.25, 0.3) is 0 Å². The molecule has 0 unspecified atom stereocenters. The number of rotatable bonds is 8. The number of nitrogens with zero attached hydrogens (tertiary/aromatic N) is 4. The van der Waals surface area contributed by atoms with Gasteiger partial charge in [-0.05, 0) is 65.8 Å². The maximum Gasteiger partial charge on any atom is 0.236 e. The van der Waals surface area contributed by atoms with Gasteiger partial charge < -0.3 is 14.2 Å². The predicted octanol–water partition coefficient (Wildman–Crippen LogP) is 4.10. The lowest BCUT2D eigenvalue weighted by molar-refractivity contribution is -0.133. The van der Waals surface area contributed by atoms with Gasteiger partial charge in [-0.1, -0.05) is 11.8 Å². The van der Waals surface area contributed by atoms with E-state index < -0.39 is 0 Å². The molecule has 0 bridgehead atoms. The van der Waals surface area contributed by atoms with Gasteiger partial charge in [-0.25, -0.2) is 0 Å². The Bertz CT molecular complexity index is 748. The van der Waals surface area contributed by atoms with Crippen LogP contribution in [0.3, 0.4) is 0 Å². The average molecular weight is 391 g/mol. The van der Waals surface area contributed by atoms with Gasteiger partial charge >= 0.3 is 0 Å². The molecule has 6 nitrogen and oxygen atoms in total. The first kappa shape index (κ1) is 21.3. The second-order valence-corrected chi connectivity index (χ2v) is 8.28. The van der Waals surface area contributed by atoms with E-state index in [0.29, 0.717) is 0 Å². The lowest BCUT2D eigenvalue weighted by Gasteiger charge is -2.32. The third-order valence-corrected chi connectivity index (χ3v) is 5.45. The van der Waals surface area contributed by atoms with Gasteiger partial charge in [0.05, 0.1) is 12.4 Å². The molecule has 1 heterocycles. The van der Waals surface area contributed by atoms with Crippen LogP contribution in [-0.2, 0) is 11.3 Å². The van der Waals surface area contributed by atoms with Gasteiger partial charge in [0.2, 0.25) is 5.91 Å². The van der Waals surface area contributed by atoms with E-state index in [1.807, 2.05) is 68.4 Å². The van der Waals surface area contributed by atoms with E-state index in [2.05, 4.69) is 17.1 Å². The molecule has 148 valence electrons. The number of benzene rings is 1. The molecule has 0 fully saturated rings. The molecule has 0 radical (unpaired) electrons. The first-order valence-electron chi connectivity index (χ1n) is 9.36. The van der Waals surface area contributed by atoms with Crippen molar-refractivity contribution in [3.8, 4) is 17.1 Å². The molecule has 27 heavy (non-hydrogen) atoms. The molecule has 0 spiro atoms. The molecule has 2 aromatic rings. The summed E-state index contributed by atoms with van der Waals surface area (Å²) in [4.78, 5) is 14.8. The van der Waals surface area contributed by atoms with Crippen molar-refractivity contribution in [3.63, 3.8) is 0 Å². The molecule has 0 aliphatic carbocycles. The Morgan fingerprint density at radius 2 is 1.70 bits per heavy atom. The van der Waals surface area contributed by atoms with Crippen LogP contribution in [0.2, 0.25) is 0 Å². The van der Waals surface area contributed by atoms with E-state index in [9.17, 15) is 4.79 Å². The highest BCUT2D eigenvalue weighted by molar-refractivity contribution is 8.00. The Morgan fingerprint density at radius 3 is 2.19 bits per heavy atom. The largest absolute Gasteiger partial charge is 0.497 e. The van der Waals surface area contributed by atoms with Crippen LogP contribution in [-0.4, -0.2) is 50.0 Å². The summed E-state index contributed by atoms with van der Waals surface area (Å²) in [6.45, 7) is 12.9. The molecule has 1 aromatic heterocycles. The summed E-state index contributed by atoms with van der Waals surface area (Å²) < 4.78 is 7.26. The zero-order valence-electron chi connectivity index (χ0n) is 17.3. The van der Waals surface area contributed by atoms with Crippen LogP contribution in [0, 0.1) is 0 Å². The van der Waals surface area contributed by atoms with Gasteiger partial charge in [-0.2, -0.15) is 0 Å². The number of hydrogen-bond donors (Lipinski definition) is 0. The average Bonchev–Trinajstić information content (AvgIpc) is 3.03. The molecule has 1 aromatic carbocycles. The van der Waals surface area contributed by atoms with Crippen LogP contribution >= 0.6 is 11.8 Å². The van der Waals surface area contributed by atoms with E-state index >= 15 is 0 Å². The molecule has 1 atom stereocenters. The molecular formula is C20H30N4O2S. The van der Waals surface area contributed by atoms with E-state index in [1.165, 1.54) is 11.8 Å². The van der Waals surface area contributed by atoms with Gasteiger partial charge in [0.1, 0.15) is 5.75 Å². The topological polar surface area (TPSA) is 60.2 Å². The third-order valence-electron chi connectivity index (χ3n) is 4.38. The number of amides is 1. The number of methoxy groups -OCH3 is 1. The minimum Gasteiger partial charge on any atom is -0.497 e. The van der Waals surface area contributed by atoms with Crippen LogP contribution < -0.4 is 4.74 Å². The third kappa shape index (κ3) is 4.83. The second kappa shape index (κ2) is 9.26. The fourth-order valence-electron chi connectivity index (χ4n) is 3.14. The number of carbonyl (C=O) groups excluding carboxylic acids is 1. The minimum absolute atomic E-state index is 0.127. The van der Waals surface area contributed by atoms with Crippen LogP contribution in [0.15, 0.2) is 29.4 Å². The molecule has 0 saturated carbocycles. The number of thioether (sulfide) groups is 1. The van der Waals surface area contributed by atoms with Gasteiger partial charge in [0.15, 0.2) is 11.0 Å². The molecule has 0 aliphatic heterocycles. The second-order valence-electron chi connectivity index (χ2n) is 6.97. The quantitative estimate of drug-likeness (QED) is 0.635. The first-order chi connectivity index (χ1) is 12.8. The molecule has 1 amide bonds. The van der Waals surface area contributed by atoms with Crippen LogP contribution in [0.4, 0.5) is 0 Å². The van der Waals surface area contributed by atoms with Crippen molar-refractivity contribution < 1.29 is 9.53 Å². The zero-order valence-corrected chi connectivity index (χ0v) is 18.1. The van der Waals surface area contributed by atoms with Gasteiger partial charge in [0, 0.05) is 24.2 Å². The molecule has 0 saturated heterocycles. The summed E-state index contributed by atoms with van der Waals surface area (Å²) in [5.41, 5.74) is 0.974. The van der Waals surface area contributed by atoms with Crippen molar-refractivity contribution in [1.29, 1.82) is 0 Å². The van der Waals surface area contributed by atoms with E-state index in [-0.39, 0.29) is 23.2 Å². The highest BCUT2D eigenvalue weighted by Gasteiger charge is 2.27. The summed E-state index contributed by atoms with van der Waals surface area (Å²) >= 11 is 1.46. The fourth-order valence-corrected chi connectivity index (χ4v) is 4.11. The number of ether oxygens (including phenoxy) is 1. The standard InChI is InChI=1S/C20H30N4O2S/c1-8-23-18(16-9-11-17(26-7)12-10-16)21-22-20(23)27-15(6)19(25)24(13(2)3)14(4)5/h9-15H,8H2,1-7H3/t15-/m1/s1. The monoisotopic (exact) mass is 390 g/mol. The molecule has 2 rings (SSSR count). The van der Waals surface area contributed by atoms with Crippen molar-refractivity contribution in [2.24, 2.45) is 0 Å². The smallest absolute Gasteiger partial charge is 0.236 e. The summed E-state index contributed by atoms with van der Waals surface area (Å²) in [5.74, 6) is 1.73. The summed E-state index contributed by atoms with van der Waals surface area (Å²) in [5, 5.41) is 9.25. The van der Waals surface area contributed by atoms with E-state index in [4.69, 9.17) is 4.74 Å². The number of aromatic nitrogens is 3. The van der Waals surface area contributed by atoms with Gasteiger partial charge in [-0.15, -0.1) is 10.2 Å². The Kier molecular flexibility index (Phi) is 7.30. The highest BCUT2D eigenvalue weighted by atomic mass is 32.2. The zero-order chi connectivity index (χ0) is 20.1. The summed E-state index contributed by atoms with van der Waals surface area (Å²) in [7, 11) is 1.65. The summed E-state index contributed by atoms with van der Waals surface area (Å²) in [6.07, 6.45) is 0. The van der Waals surface area contributed by atoms with Crippen LogP contribution in [0.25, 0.3) is 11.4 Å². The van der Waals surface area contributed by atoms with Crippen LogP contribution in [0.1, 0.15) is 41.5 Å². The molecule has 0 aliphatic rings. The Morgan fingerprint density at radius 1 is 1.11 bits per heavy atom. The normalized spacial score (nSPS) is 12.5. The lowest BCUT2D eigenvalue weighted by atomic mass is 10.2. The Hall–Kier alpha value is -2.02. The molecular weight excluding hydrogens is 360 g/mol. The van der Waals surface area contributed by atoms with Crippen molar-refractivity contribution in [2.75, 3.05) is 7.11 Å².